The first kappa shape index (κ1) is 20.2. The molecule has 0 spiro atoms. The van der Waals surface area contributed by atoms with Crippen LogP contribution in [0.3, 0.4) is 0 Å². The number of rotatable bonds is 2. The van der Waals surface area contributed by atoms with Gasteiger partial charge in [0.2, 0.25) is 0 Å². The Morgan fingerprint density at radius 2 is 1.46 bits per heavy atom. The summed E-state index contributed by atoms with van der Waals surface area (Å²) >= 11 is 0. The van der Waals surface area contributed by atoms with E-state index in [1.54, 1.807) is 5.56 Å². The molecular weight excluding hydrogens is 405 g/mol. The normalized spacial score (nSPS) is 30.4. The molecule has 2 heteroatoms. The topological polar surface area (TPSA) is 0 Å². The summed E-state index contributed by atoms with van der Waals surface area (Å²) in [6.07, 6.45) is 9.79. The van der Waals surface area contributed by atoms with E-state index in [9.17, 15) is 0 Å². The lowest BCUT2D eigenvalue weighted by atomic mass is 9.64. The van der Waals surface area contributed by atoms with E-state index in [4.69, 9.17) is 0 Å². The number of piperidine rings is 1. The fourth-order valence-corrected chi connectivity index (χ4v) is 5.49. The summed E-state index contributed by atoms with van der Waals surface area (Å²) in [5.74, 6) is 0.885. The number of nitrogens with zero attached hydrogens (tertiary/aromatic N) is 1. The second kappa shape index (κ2) is 7.65. The van der Waals surface area contributed by atoms with Gasteiger partial charge in [-0.3, -0.25) is 0 Å². The summed E-state index contributed by atoms with van der Waals surface area (Å²) in [6, 6.07) is 11.5. The molecule has 1 saturated carbocycles. The molecular formula is C22H36IN. The second-order valence-corrected chi connectivity index (χ2v) is 9.44. The molecule has 0 N–H and O–H groups in total. The lowest BCUT2D eigenvalue weighted by Gasteiger charge is -2.56. The molecule has 24 heavy (non-hydrogen) atoms. The number of hydrogen-bond donors (Lipinski definition) is 0. The molecule has 2 fully saturated rings. The molecule has 0 amide bonds. The molecule has 0 bridgehead atoms. The van der Waals surface area contributed by atoms with Gasteiger partial charge in [-0.05, 0) is 43.4 Å². The fourth-order valence-electron chi connectivity index (χ4n) is 5.49. The van der Waals surface area contributed by atoms with E-state index in [0.29, 0.717) is 11.0 Å². The van der Waals surface area contributed by atoms with E-state index in [1.807, 2.05) is 0 Å². The van der Waals surface area contributed by atoms with E-state index in [0.717, 1.165) is 5.92 Å². The molecule has 0 radical (unpaired) electrons. The average Bonchev–Trinajstić information content (AvgIpc) is 2.55. The summed E-state index contributed by atoms with van der Waals surface area (Å²) in [7, 11) is 2.56. The van der Waals surface area contributed by atoms with Gasteiger partial charge in [0.25, 0.3) is 0 Å². The van der Waals surface area contributed by atoms with Crippen molar-refractivity contribution < 1.29 is 28.5 Å². The Morgan fingerprint density at radius 3 is 1.96 bits per heavy atom. The highest BCUT2D eigenvalue weighted by atomic mass is 127. The van der Waals surface area contributed by atoms with Gasteiger partial charge in [0, 0.05) is 18.4 Å². The Bertz CT molecular complexity index is 503. The minimum absolute atomic E-state index is 0. The van der Waals surface area contributed by atoms with Crippen LogP contribution in [0, 0.1) is 11.3 Å². The van der Waals surface area contributed by atoms with Crippen LogP contribution in [-0.4, -0.2) is 24.6 Å². The molecule has 1 heterocycles. The van der Waals surface area contributed by atoms with Crippen molar-refractivity contribution in [2.24, 2.45) is 11.3 Å². The molecule has 0 atom stereocenters. The van der Waals surface area contributed by atoms with Crippen LogP contribution >= 0.6 is 0 Å². The Hall–Kier alpha value is -0.0900. The summed E-state index contributed by atoms with van der Waals surface area (Å²) in [5.41, 5.74) is 2.43. The largest absolute Gasteiger partial charge is 1.00 e. The maximum Gasteiger partial charge on any atom is 0.125 e. The van der Waals surface area contributed by atoms with Gasteiger partial charge >= 0.3 is 0 Å². The predicted molar refractivity (Wildman–Crippen MR) is 99.3 cm³/mol. The van der Waals surface area contributed by atoms with Crippen LogP contribution in [-0.2, 0) is 5.54 Å². The standard InChI is InChI=1S/C22H36N.HI/c1-21(2,3)19-13-15-22(16-14-19,20-11-7-5-8-12-20)23(4)17-9-6-10-18-23;/h5,7-8,11-12,19H,6,9-10,13-18H2,1-4H3;1H/q+1;/p-1. The third kappa shape index (κ3) is 3.70. The van der Waals surface area contributed by atoms with E-state index < -0.39 is 0 Å². The van der Waals surface area contributed by atoms with E-state index in [-0.39, 0.29) is 24.0 Å². The van der Waals surface area contributed by atoms with Crippen molar-refractivity contribution >= 4 is 0 Å². The van der Waals surface area contributed by atoms with Crippen LogP contribution < -0.4 is 24.0 Å². The lowest BCUT2D eigenvalue weighted by Crippen LogP contribution is -3.00. The summed E-state index contributed by atoms with van der Waals surface area (Å²) in [6.45, 7) is 10.0. The molecule has 0 aromatic heterocycles. The Labute approximate surface area is 166 Å². The van der Waals surface area contributed by atoms with Gasteiger partial charge in [-0.2, -0.15) is 0 Å². The summed E-state index contributed by atoms with van der Waals surface area (Å²) in [5, 5.41) is 0. The molecule has 3 rings (SSSR count). The third-order valence-corrected chi connectivity index (χ3v) is 7.19. The highest BCUT2D eigenvalue weighted by molar-refractivity contribution is 5.23. The molecule has 1 aliphatic carbocycles. The number of hydrogen-bond acceptors (Lipinski definition) is 0. The maximum absolute atomic E-state index is 2.56. The van der Waals surface area contributed by atoms with E-state index in [2.05, 4.69) is 58.2 Å². The highest BCUT2D eigenvalue weighted by Crippen LogP contribution is 2.51. The number of halogens is 1. The van der Waals surface area contributed by atoms with Crippen LogP contribution in [0.5, 0.6) is 0 Å². The Morgan fingerprint density at radius 1 is 0.917 bits per heavy atom. The van der Waals surface area contributed by atoms with Gasteiger partial charge in [-0.1, -0.05) is 51.1 Å². The number of quaternary nitrogens is 1. The Kier molecular flexibility index (Phi) is 6.45. The van der Waals surface area contributed by atoms with Crippen molar-refractivity contribution in [3.05, 3.63) is 35.9 Å². The Balaban J connectivity index is 0.00000208. The van der Waals surface area contributed by atoms with Crippen molar-refractivity contribution in [3.63, 3.8) is 0 Å². The molecule has 1 aliphatic heterocycles. The maximum atomic E-state index is 2.56. The first-order valence-electron chi connectivity index (χ1n) is 9.78. The molecule has 1 aromatic carbocycles. The average molecular weight is 441 g/mol. The zero-order chi connectivity index (χ0) is 16.6. The molecule has 136 valence electrons. The monoisotopic (exact) mass is 441 g/mol. The van der Waals surface area contributed by atoms with Crippen molar-refractivity contribution in [2.75, 3.05) is 20.1 Å². The van der Waals surface area contributed by atoms with Crippen LogP contribution in [0.1, 0.15) is 71.3 Å². The van der Waals surface area contributed by atoms with Gasteiger partial charge in [-0.25, -0.2) is 0 Å². The SMILES string of the molecule is CC(C)(C)C1CCC(c2ccccc2)([N+]2(C)CCCCC2)CC1.[I-]. The van der Waals surface area contributed by atoms with Crippen LogP contribution in [0.2, 0.25) is 0 Å². The zero-order valence-electron chi connectivity index (χ0n) is 16.2. The van der Waals surface area contributed by atoms with Gasteiger partial charge in [-0.15, -0.1) is 0 Å². The zero-order valence-corrected chi connectivity index (χ0v) is 18.3. The van der Waals surface area contributed by atoms with Crippen molar-refractivity contribution in [1.29, 1.82) is 0 Å². The van der Waals surface area contributed by atoms with Crippen molar-refractivity contribution in [1.82, 2.24) is 0 Å². The van der Waals surface area contributed by atoms with E-state index in [1.165, 1.54) is 62.5 Å². The number of benzene rings is 1. The van der Waals surface area contributed by atoms with Gasteiger partial charge in [0.05, 0.1) is 20.1 Å². The predicted octanol–water partition coefficient (Wildman–Crippen LogP) is 2.75. The minimum Gasteiger partial charge on any atom is -1.00 e. The second-order valence-electron chi connectivity index (χ2n) is 9.44. The molecule has 1 aromatic rings. The fraction of sp³-hybridized carbons (Fsp3) is 0.727. The smallest absolute Gasteiger partial charge is 0.125 e. The molecule has 1 saturated heterocycles. The van der Waals surface area contributed by atoms with Crippen LogP contribution in [0.25, 0.3) is 0 Å². The van der Waals surface area contributed by atoms with Gasteiger partial charge in [0.15, 0.2) is 0 Å². The molecule has 0 unspecified atom stereocenters. The number of likely N-dealkylation sites (tertiary alicyclic amines) is 1. The first-order chi connectivity index (χ1) is 10.9. The summed E-state index contributed by atoms with van der Waals surface area (Å²) in [4.78, 5) is 0. The highest BCUT2D eigenvalue weighted by Gasteiger charge is 2.52. The quantitative estimate of drug-likeness (QED) is 0.489. The third-order valence-electron chi connectivity index (χ3n) is 7.19. The summed E-state index contributed by atoms with van der Waals surface area (Å²) < 4.78 is 1.29. The van der Waals surface area contributed by atoms with Gasteiger partial charge in [0.1, 0.15) is 5.54 Å². The minimum atomic E-state index is 0. The van der Waals surface area contributed by atoms with Crippen LogP contribution in [0.15, 0.2) is 30.3 Å². The van der Waals surface area contributed by atoms with Crippen molar-refractivity contribution in [2.45, 2.75) is 71.3 Å². The van der Waals surface area contributed by atoms with Gasteiger partial charge < -0.3 is 28.5 Å². The molecule has 1 nitrogen and oxygen atoms in total. The van der Waals surface area contributed by atoms with Crippen LogP contribution in [0.4, 0.5) is 0 Å². The lowest BCUT2D eigenvalue weighted by molar-refractivity contribution is -0.973. The molecule has 2 aliphatic rings. The first-order valence-corrected chi connectivity index (χ1v) is 9.78. The van der Waals surface area contributed by atoms with E-state index >= 15 is 0 Å². The van der Waals surface area contributed by atoms with Crippen molar-refractivity contribution in [3.8, 4) is 0 Å².